The number of aromatic nitrogens is 3. The van der Waals surface area contributed by atoms with E-state index in [1.54, 1.807) is 0 Å². The van der Waals surface area contributed by atoms with Crippen molar-refractivity contribution >= 4 is 27.8 Å². The first-order valence-corrected chi connectivity index (χ1v) is 9.36. The molecule has 0 saturated carbocycles. The number of carbonyl (C=O) groups excluding carboxylic acids is 1. The molecule has 27 heavy (non-hydrogen) atoms. The van der Waals surface area contributed by atoms with Gasteiger partial charge in [-0.3, -0.25) is 4.79 Å². The highest BCUT2D eigenvalue weighted by Crippen LogP contribution is 2.20. The van der Waals surface area contributed by atoms with Gasteiger partial charge in [0.15, 0.2) is 0 Å². The number of nitrogens with zero attached hydrogens (tertiary/aromatic N) is 3. The summed E-state index contributed by atoms with van der Waals surface area (Å²) >= 11 is 0. The monoisotopic (exact) mass is 360 g/mol. The van der Waals surface area contributed by atoms with Crippen molar-refractivity contribution in [1.29, 1.82) is 0 Å². The zero-order valence-electron chi connectivity index (χ0n) is 16.0. The van der Waals surface area contributed by atoms with E-state index in [9.17, 15) is 4.79 Å². The molecular formula is C22H24N4O. The van der Waals surface area contributed by atoms with E-state index in [1.807, 2.05) is 65.9 Å². The second kappa shape index (κ2) is 6.91. The summed E-state index contributed by atoms with van der Waals surface area (Å²) in [7, 11) is 1.95. The van der Waals surface area contributed by atoms with E-state index in [0.29, 0.717) is 19.5 Å². The molecule has 2 aromatic carbocycles. The fourth-order valence-corrected chi connectivity index (χ4v) is 3.65. The van der Waals surface area contributed by atoms with Gasteiger partial charge in [-0.05, 0) is 37.6 Å². The lowest BCUT2D eigenvalue weighted by molar-refractivity contribution is 0.0756. The van der Waals surface area contributed by atoms with E-state index in [4.69, 9.17) is 4.98 Å². The summed E-state index contributed by atoms with van der Waals surface area (Å²) < 4.78 is 1.98. The van der Waals surface area contributed by atoms with Gasteiger partial charge < -0.3 is 14.5 Å². The Balaban J connectivity index is 1.54. The second-order valence-electron chi connectivity index (χ2n) is 6.94. The Morgan fingerprint density at radius 1 is 1.19 bits per heavy atom. The van der Waals surface area contributed by atoms with E-state index >= 15 is 0 Å². The summed E-state index contributed by atoms with van der Waals surface area (Å²) in [4.78, 5) is 23.0. The quantitative estimate of drug-likeness (QED) is 0.583. The smallest absolute Gasteiger partial charge is 0.270 e. The molecule has 1 N–H and O–H groups in total. The molecule has 0 aliphatic heterocycles. The number of nitrogens with one attached hydrogen (secondary N) is 1. The molecular weight excluding hydrogens is 336 g/mol. The van der Waals surface area contributed by atoms with Crippen molar-refractivity contribution in [3.05, 3.63) is 65.6 Å². The van der Waals surface area contributed by atoms with Gasteiger partial charge in [-0.15, -0.1) is 0 Å². The number of amides is 1. The second-order valence-corrected chi connectivity index (χ2v) is 6.94. The molecule has 0 spiro atoms. The van der Waals surface area contributed by atoms with Crippen molar-refractivity contribution < 1.29 is 4.79 Å². The van der Waals surface area contributed by atoms with Crippen LogP contribution in [0.15, 0.2) is 48.5 Å². The van der Waals surface area contributed by atoms with Gasteiger partial charge in [0.05, 0.1) is 11.0 Å². The zero-order valence-corrected chi connectivity index (χ0v) is 16.0. The highest BCUT2D eigenvalue weighted by Gasteiger charge is 2.19. The van der Waals surface area contributed by atoms with Crippen LogP contribution in [0.3, 0.4) is 0 Å². The maximum atomic E-state index is 13.1. The summed E-state index contributed by atoms with van der Waals surface area (Å²) in [5.74, 6) is 0.978. The van der Waals surface area contributed by atoms with Gasteiger partial charge in [0, 0.05) is 37.5 Å². The van der Waals surface area contributed by atoms with Crippen LogP contribution in [0.5, 0.6) is 0 Å². The standard InChI is InChI=1S/C22H24N4O/c1-4-26(13-12-20-23-17-10-7-8-15(2)21(17)24-20)22(27)19-14-16-9-5-6-11-18(16)25(19)3/h5-11,14H,4,12-13H2,1-3H3,(H,23,24). The molecule has 2 heterocycles. The molecule has 0 aliphatic carbocycles. The molecule has 5 heteroatoms. The van der Waals surface area contributed by atoms with Gasteiger partial charge in [-0.2, -0.15) is 0 Å². The summed E-state index contributed by atoms with van der Waals surface area (Å²) in [5.41, 5.74) is 5.01. The number of rotatable bonds is 5. The lowest BCUT2D eigenvalue weighted by Crippen LogP contribution is -2.34. The number of fused-ring (bicyclic) bond motifs is 2. The normalized spacial score (nSPS) is 11.4. The van der Waals surface area contributed by atoms with Gasteiger partial charge in [-0.25, -0.2) is 4.98 Å². The first kappa shape index (κ1) is 17.3. The van der Waals surface area contributed by atoms with E-state index in [-0.39, 0.29) is 5.91 Å². The summed E-state index contributed by atoms with van der Waals surface area (Å²) in [5, 5.41) is 1.09. The molecule has 2 aromatic heterocycles. The van der Waals surface area contributed by atoms with Crippen LogP contribution in [0.4, 0.5) is 0 Å². The average Bonchev–Trinajstić information content (AvgIpc) is 3.24. The SMILES string of the molecule is CCN(CCc1nc2c(C)cccc2[nH]1)C(=O)c1cc2ccccc2n1C. The molecule has 0 fully saturated rings. The van der Waals surface area contributed by atoms with E-state index in [1.165, 1.54) is 0 Å². The van der Waals surface area contributed by atoms with Crippen molar-refractivity contribution in [1.82, 2.24) is 19.4 Å². The lowest BCUT2D eigenvalue weighted by Gasteiger charge is -2.20. The molecule has 1 amide bonds. The minimum atomic E-state index is 0.0588. The molecule has 4 rings (SSSR count). The number of likely N-dealkylation sites (N-methyl/N-ethyl adjacent to an activating group) is 1. The molecule has 4 aromatic rings. The third-order valence-electron chi connectivity index (χ3n) is 5.22. The highest BCUT2D eigenvalue weighted by atomic mass is 16.2. The largest absolute Gasteiger partial charge is 0.342 e. The maximum absolute atomic E-state index is 13.1. The molecule has 138 valence electrons. The average molecular weight is 360 g/mol. The fourth-order valence-electron chi connectivity index (χ4n) is 3.65. The number of H-pyrrole nitrogens is 1. The lowest BCUT2D eigenvalue weighted by atomic mass is 10.2. The maximum Gasteiger partial charge on any atom is 0.270 e. The van der Waals surface area contributed by atoms with Crippen molar-refractivity contribution in [2.75, 3.05) is 13.1 Å². The first-order valence-electron chi connectivity index (χ1n) is 9.36. The van der Waals surface area contributed by atoms with Gasteiger partial charge in [0.2, 0.25) is 0 Å². The topological polar surface area (TPSA) is 53.9 Å². The minimum absolute atomic E-state index is 0.0588. The van der Waals surface area contributed by atoms with Crippen LogP contribution in [-0.2, 0) is 13.5 Å². The number of aryl methyl sites for hydroxylation is 2. The van der Waals surface area contributed by atoms with Crippen molar-refractivity contribution in [2.45, 2.75) is 20.3 Å². The Morgan fingerprint density at radius 2 is 2.00 bits per heavy atom. The Kier molecular flexibility index (Phi) is 4.44. The Bertz CT molecular complexity index is 1120. The van der Waals surface area contributed by atoms with Gasteiger partial charge in [0.25, 0.3) is 5.91 Å². The number of benzene rings is 2. The van der Waals surface area contributed by atoms with E-state index < -0.39 is 0 Å². The number of imidazole rings is 1. The minimum Gasteiger partial charge on any atom is -0.342 e. The van der Waals surface area contributed by atoms with Crippen molar-refractivity contribution in [2.24, 2.45) is 7.05 Å². The molecule has 5 nitrogen and oxygen atoms in total. The summed E-state index contributed by atoms with van der Waals surface area (Å²) in [6, 6.07) is 16.2. The predicted octanol–water partition coefficient (Wildman–Crippen LogP) is 4.07. The summed E-state index contributed by atoms with van der Waals surface area (Å²) in [6.07, 6.45) is 0.706. The fraction of sp³-hybridized carbons (Fsp3) is 0.273. The molecule has 0 bridgehead atoms. The number of para-hydroxylation sites is 2. The number of carbonyl (C=O) groups is 1. The van der Waals surface area contributed by atoms with Gasteiger partial charge in [0.1, 0.15) is 11.5 Å². The molecule has 0 saturated heterocycles. The van der Waals surface area contributed by atoms with Crippen LogP contribution in [0.25, 0.3) is 21.9 Å². The summed E-state index contributed by atoms with van der Waals surface area (Å²) in [6.45, 7) is 5.38. The Hall–Kier alpha value is -3.08. The number of hydrogen-bond donors (Lipinski definition) is 1. The van der Waals surface area contributed by atoms with Crippen molar-refractivity contribution in [3.63, 3.8) is 0 Å². The van der Waals surface area contributed by atoms with Gasteiger partial charge >= 0.3 is 0 Å². The highest BCUT2D eigenvalue weighted by molar-refractivity contribution is 5.98. The Morgan fingerprint density at radius 3 is 2.74 bits per heavy atom. The third-order valence-corrected chi connectivity index (χ3v) is 5.22. The first-order chi connectivity index (χ1) is 13.1. The predicted molar refractivity (Wildman–Crippen MR) is 109 cm³/mol. The zero-order chi connectivity index (χ0) is 19.0. The third kappa shape index (κ3) is 3.10. The van der Waals surface area contributed by atoms with E-state index in [0.717, 1.165) is 39.0 Å². The van der Waals surface area contributed by atoms with Gasteiger partial charge in [-0.1, -0.05) is 30.3 Å². The number of hydrogen-bond acceptors (Lipinski definition) is 2. The van der Waals surface area contributed by atoms with Crippen LogP contribution in [0.2, 0.25) is 0 Å². The van der Waals surface area contributed by atoms with E-state index in [2.05, 4.69) is 18.0 Å². The van der Waals surface area contributed by atoms with Crippen LogP contribution in [-0.4, -0.2) is 38.4 Å². The van der Waals surface area contributed by atoms with Crippen LogP contribution in [0, 0.1) is 6.92 Å². The Labute approximate surface area is 158 Å². The molecule has 0 unspecified atom stereocenters. The number of aromatic amines is 1. The van der Waals surface area contributed by atoms with Crippen LogP contribution >= 0.6 is 0 Å². The molecule has 0 atom stereocenters. The molecule has 0 radical (unpaired) electrons. The van der Waals surface area contributed by atoms with Crippen LogP contribution < -0.4 is 0 Å². The molecule has 0 aliphatic rings. The van der Waals surface area contributed by atoms with Crippen LogP contribution in [0.1, 0.15) is 28.8 Å². The van der Waals surface area contributed by atoms with Crippen molar-refractivity contribution in [3.8, 4) is 0 Å².